The molecule has 116 valence electrons. The van der Waals surface area contributed by atoms with Gasteiger partial charge in [0.05, 0.1) is 17.6 Å². The molecule has 4 rings (SSSR count). The first-order valence-electron chi connectivity index (χ1n) is 7.46. The summed E-state index contributed by atoms with van der Waals surface area (Å²) in [6.45, 7) is 1.92. The minimum atomic E-state index is -0.502. The summed E-state index contributed by atoms with van der Waals surface area (Å²) in [6, 6.07) is 9.61. The SMILES string of the molecule is Cc1nn(C)c2ncc(NC(=O)C3Cc4ccccc4O3)cc12. The summed E-state index contributed by atoms with van der Waals surface area (Å²) >= 11 is 0. The molecule has 2 aromatic heterocycles. The van der Waals surface area contributed by atoms with Crippen LogP contribution in [0.15, 0.2) is 36.5 Å². The third kappa shape index (κ3) is 2.32. The Morgan fingerprint density at radius 3 is 3.04 bits per heavy atom. The second kappa shape index (κ2) is 5.08. The van der Waals surface area contributed by atoms with Crippen molar-refractivity contribution < 1.29 is 9.53 Å². The van der Waals surface area contributed by atoms with Crippen molar-refractivity contribution in [3.05, 3.63) is 47.8 Å². The molecular formula is C17H16N4O2. The van der Waals surface area contributed by atoms with E-state index in [9.17, 15) is 4.79 Å². The number of carbonyl (C=O) groups is 1. The summed E-state index contributed by atoms with van der Waals surface area (Å²) < 4.78 is 7.44. The number of amides is 1. The van der Waals surface area contributed by atoms with Gasteiger partial charge in [-0.1, -0.05) is 18.2 Å². The van der Waals surface area contributed by atoms with Crippen molar-refractivity contribution in [2.75, 3.05) is 5.32 Å². The molecule has 3 heterocycles. The van der Waals surface area contributed by atoms with Gasteiger partial charge in [0.25, 0.3) is 5.91 Å². The lowest BCUT2D eigenvalue weighted by atomic mass is 10.1. The Morgan fingerprint density at radius 1 is 1.39 bits per heavy atom. The number of nitrogens with zero attached hydrogens (tertiary/aromatic N) is 3. The van der Waals surface area contributed by atoms with Gasteiger partial charge in [-0.3, -0.25) is 9.48 Å². The number of hydrogen-bond donors (Lipinski definition) is 1. The highest BCUT2D eigenvalue weighted by Gasteiger charge is 2.28. The lowest BCUT2D eigenvalue weighted by Gasteiger charge is -2.11. The standard InChI is InChI=1S/C17H16N4O2/c1-10-13-8-12(9-18-16(13)21(2)20-10)19-17(22)15-7-11-5-3-4-6-14(11)23-15/h3-6,8-9,15H,7H2,1-2H3,(H,19,22). The molecule has 0 fully saturated rings. The third-order valence-electron chi connectivity index (χ3n) is 4.07. The van der Waals surface area contributed by atoms with Crippen molar-refractivity contribution in [3.8, 4) is 5.75 Å². The van der Waals surface area contributed by atoms with E-state index in [0.29, 0.717) is 12.1 Å². The highest BCUT2D eigenvalue weighted by Crippen LogP contribution is 2.29. The number of carbonyl (C=O) groups excluding carboxylic acids is 1. The van der Waals surface area contributed by atoms with Crippen molar-refractivity contribution in [2.24, 2.45) is 7.05 Å². The van der Waals surface area contributed by atoms with Crippen molar-refractivity contribution >= 4 is 22.6 Å². The van der Waals surface area contributed by atoms with Crippen LogP contribution in [0.3, 0.4) is 0 Å². The molecule has 6 nitrogen and oxygen atoms in total. The van der Waals surface area contributed by atoms with Crippen LogP contribution in [0.25, 0.3) is 11.0 Å². The fourth-order valence-corrected chi connectivity index (χ4v) is 2.93. The van der Waals surface area contributed by atoms with Crippen LogP contribution in [0.2, 0.25) is 0 Å². The maximum atomic E-state index is 12.4. The normalized spacial score (nSPS) is 16.2. The highest BCUT2D eigenvalue weighted by molar-refractivity contribution is 5.96. The quantitative estimate of drug-likeness (QED) is 0.788. The molecule has 0 spiro atoms. The van der Waals surface area contributed by atoms with E-state index in [1.165, 1.54) is 0 Å². The van der Waals surface area contributed by atoms with Gasteiger partial charge in [-0.25, -0.2) is 4.98 Å². The summed E-state index contributed by atoms with van der Waals surface area (Å²) in [4.78, 5) is 16.8. The molecule has 0 saturated carbocycles. The lowest BCUT2D eigenvalue weighted by Crippen LogP contribution is -2.31. The van der Waals surface area contributed by atoms with E-state index in [2.05, 4.69) is 15.4 Å². The first-order valence-corrected chi connectivity index (χ1v) is 7.46. The molecule has 1 aliphatic rings. The van der Waals surface area contributed by atoms with Crippen molar-refractivity contribution in [1.29, 1.82) is 0 Å². The Kier molecular flexibility index (Phi) is 3.04. The topological polar surface area (TPSA) is 69.0 Å². The van der Waals surface area contributed by atoms with E-state index >= 15 is 0 Å². The molecule has 3 aromatic rings. The molecule has 0 aliphatic carbocycles. The zero-order chi connectivity index (χ0) is 16.0. The van der Waals surface area contributed by atoms with E-state index in [1.807, 2.05) is 44.3 Å². The second-order valence-electron chi connectivity index (χ2n) is 5.71. The van der Waals surface area contributed by atoms with E-state index in [4.69, 9.17) is 4.74 Å². The number of para-hydroxylation sites is 1. The number of aromatic nitrogens is 3. The zero-order valence-corrected chi connectivity index (χ0v) is 12.9. The monoisotopic (exact) mass is 308 g/mol. The molecule has 1 amide bonds. The molecule has 1 aliphatic heterocycles. The number of hydrogen-bond acceptors (Lipinski definition) is 4. The maximum Gasteiger partial charge on any atom is 0.265 e. The average Bonchev–Trinajstić information content (AvgIpc) is 3.09. The molecule has 1 N–H and O–H groups in total. The summed E-state index contributed by atoms with van der Waals surface area (Å²) in [5.41, 5.74) is 3.39. The van der Waals surface area contributed by atoms with Crippen molar-refractivity contribution in [3.63, 3.8) is 0 Å². The van der Waals surface area contributed by atoms with Gasteiger partial charge < -0.3 is 10.1 Å². The molecule has 23 heavy (non-hydrogen) atoms. The summed E-state index contributed by atoms with van der Waals surface area (Å²) in [7, 11) is 1.85. The summed E-state index contributed by atoms with van der Waals surface area (Å²) in [5.74, 6) is 0.619. The highest BCUT2D eigenvalue weighted by atomic mass is 16.5. The zero-order valence-electron chi connectivity index (χ0n) is 12.9. The van der Waals surface area contributed by atoms with Crippen LogP contribution < -0.4 is 10.1 Å². The first-order chi connectivity index (χ1) is 11.1. The number of benzene rings is 1. The van der Waals surface area contributed by atoms with Crippen molar-refractivity contribution in [1.82, 2.24) is 14.8 Å². The van der Waals surface area contributed by atoms with Crippen molar-refractivity contribution in [2.45, 2.75) is 19.4 Å². The van der Waals surface area contributed by atoms with E-state index in [1.54, 1.807) is 10.9 Å². The van der Waals surface area contributed by atoms with Crippen LogP contribution in [-0.4, -0.2) is 26.8 Å². The van der Waals surface area contributed by atoms with Crippen LogP contribution in [-0.2, 0) is 18.3 Å². The minimum absolute atomic E-state index is 0.163. The van der Waals surface area contributed by atoms with E-state index < -0.39 is 6.10 Å². The number of fused-ring (bicyclic) bond motifs is 2. The molecule has 1 aromatic carbocycles. The number of nitrogens with one attached hydrogen (secondary N) is 1. The fraction of sp³-hybridized carbons (Fsp3) is 0.235. The van der Waals surface area contributed by atoms with Gasteiger partial charge >= 0.3 is 0 Å². The first kappa shape index (κ1) is 13.8. The van der Waals surface area contributed by atoms with Crippen LogP contribution in [0.1, 0.15) is 11.3 Å². The molecule has 1 unspecified atom stereocenters. The van der Waals surface area contributed by atoms with Gasteiger partial charge in [0.1, 0.15) is 5.75 Å². The van der Waals surface area contributed by atoms with Gasteiger partial charge in [-0.05, 0) is 24.6 Å². The number of ether oxygens (including phenoxy) is 1. The summed E-state index contributed by atoms with van der Waals surface area (Å²) in [6.07, 6.45) is 1.73. The smallest absolute Gasteiger partial charge is 0.265 e. The third-order valence-corrected chi connectivity index (χ3v) is 4.07. The Bertz CT molecular complexity index is 891. The minimum Gasteiger partial charge on any atom is -0.480 e. The van der Waals surface area contributed by atoms with Gasteiger partial charge in [0.2, 0.25) is 0 Å². The van der Waals surface area contributed by atoms with E-state index in [-0.39, 0.29) is 5.91 Å². The lowest BCUT2D eigenvalue weighted by molar-refractivity contribution is -0.122. The number of pyridine rings is 1. The molecule has 1 atom stereocenters. The average molecular weight is 308 g/mol. The van der Waals surface area contributed by atoms with Crippen LogP contribution in [0.4, 0.5) is 5.69 Å². The Morgan fingerprint density at radius 2 is 2.22 bits per heavy atom. The van der Waals surface area contributed by atoms with Gasteiger partial charge in [-0.2, -0.15) is 5.10 Å². The molecule has 0 radical (unpaired) electrons. The van der Waals surface area contributed by atoms with E-state index in [0.717, 1.165) is 28.0 Å². The van der Waals surface area contributed by atoms with Crippen LogP contribution in [0.5, 0.6) is 5.75 Å². The molecular weight excluding hydrogens is 292 g/mol. The van der Waals surface area contributed by atoms with Gasteiger partial charge in [-0.15, -0.1) is 0 Å². The number of anilines is 1. The second-order valence-corrected chi connectivity index (χ2v) is 5.71. The maximum absolute atomic E-state index is 12.4. The van der Waals surface area contributed by atoms with Gasteiger partial charge in [0.15, 0.2) is 11.8 Å². The predicted molar refractivity (Wildman–Crippen MR) is 86.4 cm³/mol. The Balaban J connectivity index is 1.54. The molecule has 6 heteroatoms. The summed E-state index contributed by atoms with van der Waals surface area (Å²) in [5, 5.41) is 8.15. The number of rotatable bonds is 2. The fourth-order valence-electron chi connectivity index (χ4n) is 2.93. The predicted octanol–water partition coefficient (Wildman–Crippen LogP) is 2.22. The Labute approximate surface area is 133 Å². The van der Waals surface area contributed by atoms with Crippen LogP contribution >= 0.6 is 0 Å². The van der Waals surface area contributed by atoms with Crippen LogP contribution in [0, 0.1) is 6.92 Å². The molecule has 0 bridgehead atoms. The largest absolute Gasteiger partial charge is 0.480 e. The number of aryl methyl sites for hydroxylation is 2. The Hall–Kier alpha value is -2.89. The van der Waals surface area contributed by atoms with Gasteiger partial charge in [0, 0.05) is 18.9 Å². The molecule has 0 saturated heterocycles.